The van der Waals surface area contributed by atoms with Gasteiger partial charge < -0.3 is 9.15 Å². The van der Waals surface area contributed by atoms with Gasteiger partial charge in [0.1, 0.15) is 5.76 Å². The molecule has 0 unspecified atom stereocenters. The molecule has 19 heavy (non-hydrogen) atoms. The van der Waals surface area contributed by atoms with E-state index in [-0.39, 0.29) is 6.09 Å². The van der Waals surface area contributed by atoms with Crippen LogP contribution in [-0.4, -0.2) is 19.2 Å². The number of hydrogen-bond donors (Lipinski definition) is 0. The molecule has 1 aromatic carbocycles. The Hall–Kier alpha value is -2.23. The van der Waals surface area contributed by atoms with Crippen LogP contribution in [0.3, 0.4) is 0 Å². The van der Waals surface area contributed by atoms with Gasteiger partial charge in [-0.05, 0) is 49.2 Å². The van der Waals surface area contributed by atoms with E-state index in [0.717, 1.165) is 29.0 Å². The van der Waals surface area contributed by atoms with Crippen LogP contribution >= 0.6 is 0 Å². The first-order chi connectivity index (χ1) is 9.29. The summed E-state index contributed by atoms with van der Waals surface area (Å²) in [4.78, 5) is 13.5. The molecule has 4 heteroatoms. The molecule has 1 aromatic heterocycles. The molecule has 0 saturated carbocycles. The maximum atomic E-state index is 11.8. The minimum absolute atomic E-state index is 0.271. The molecule has 0 bridgehead atoms. The van der Waals surface area contributed by atoms with Crippen LogP contribution in [0.2, 0.25) is 0 Å². The number of rotatable bonds is 2. The molecule has 0 radical (unpaired) electrons. The predicted molar refractivity (Wildman–Crippen MR) is 72.2 cm³/mol. The Morgan fingerprint density at radius 3 is 3.05 bits per heavy atom. The van der Waals surface area contributed by atoms with Gasteiger partial charge in [0.25, 0.3) is 0 Å². The van der Waals surface area contributed by atoms with Gasteiger partial charge in [-0.1, -0.05) is 0 Å². The maximum Gasteiger partial charge on any atom is 0.414 e. The second-order valence-corrected chi connectivity index (χ2v) is 4.42. The summed E-state index contributed by atoms with van der Waals surface area (Å²) in [6.07, 6.45) is 2.24. The summed E-state index contributed by atoms with van der Waals surface area (Å²) < 4.78 is 10.4. The molecule has 1 aliphatic heterocycles. The molecule has 0 N–H and O–H groups in total. The van der Waals surface area contributed by atoms with Crippen LogP contribution in [-0.2, 0) is 11.2 Å². The average Bonchev–Trinajstić information content (AvgIpc) is 3.07. The Labute approximate surface area is 111 Å². The standard InChI is InChI=1S/C15H15NO3/c1-2-18-15(17)16-8-7-11-10-12(5-6-13(11)16)14-4-3-9-19-14/h3-6,9-10H,2,7-8H2,1H3. The van der Waals surface area contributed by atoms with Gasteiger partial charge in [-0.3, -0.25) is 4.90 Å². The first kappa shape index (κ1) is 11.8. The molecule has 0 atom stereocenters. The van der Waals surface area contributed by atoms with E-state index in [1.807, 2.05) is 31.2 Å². The van der Waals surface area contributed by atoms with Crippen LogP contribution < -0.4 is 4.90 Å². The quantitative estimate of drug-likeness (QED) is 0.827. The first-order valence-corrected chi connectivity index (χ1v) is 6.40. The molecule has 0 fully saturated rings. The zero-order chi connectivity index (χ0) is 13.2. The van der Waals surface area contributed by atoms with Gasteiger partial charge in [-0.15, -0.1) is 0 Å². The Bertz CT molecular complexity index is 589. The van der Waals surface area contributed by atoms with Crippen molar-refractivity contribution in [3.63, 3.8) is 0 Å². The van der Waals surface area contributed by atoms with Crippen molar-refractivity contribution in [1.82, 2.24) is 0 Å². The van der Waals surface area contributed by atoms with Crippen molar-refractivity contribution >= 4 is 11.8 Å². The number of ether oxygens (including phenoxy) is 1. The SMILES string of the molecule is CCOC(=O)N1CCc2cc(-c3ccco3)ccc21. The number of hydrogen-bond acceptors (Lipinski definition) is 3. The molecular formula is C15H15NO3. The topological polar surface area (TPSA) is 42.7 Å². The van der Waals surface area contributed by atoms with Gasteiger partial charge in [0.15, 0.2) is 0 Å². The van der Waals surface area contributed by atoms with Crippen molar-refractivity contribution in [3.8, 4) is 11.3 Å². The summed E-state index contributed by atoms with van der Waals surface area (Å²) in [6, 6.07) is 9.80. The number of nitrogens with zero attached hydrogens (tertiary/aromatic N) is 1. The average molecular weight is 257 g/mol. The third-order valence-electron chi connectivity index (χ3n) is 3.27. The maximum absolute atomic E-state index is 11.8. The minimum atomic E-state index is -0.271. The number of carbonyl (C=O) groups is 1. The van der Waals surface area contributed by atoms with E-state index < -0.39 is 0 Å². The Morgan fingerprint density at radius 1 is 1.42 bits per heavy atom. The predicted octanol–water partition coefficient (Wildman–Crippen LogP) is 3.47. The van der Waals surface area contributed by atoms with E-state index in [1.165, 1.54) is 0 Å². The van der Waals surface area contributed by atoms with E-state index in [9.17, 15) is 4.79 Å². The third kappa shape index (κ3) is 2.10. The fraction of sp³-hybridized carbons (Fsp3) is 0.267. The highest BCUT2D eigenvalue weighted by Crippen LogP contribution is 2.32. The van der Waals surface area contributed by atoms with Gasteiger partial charge in [0, 0.05) is 12.1 Å². The molecule has 2 aromatic rings. The normalized spacial score (nSPS) is 13.4. The molecule has 0 spiro atoms. The number of amides is 1. The summed E-state index contributed by atoms with van der Waals surface area (Å²) in [5, 5.41) is 0. The number of fused-ring (bicyclic) bond motifs is 1. The third-order valence-corrected chi connectivity index (χ3v) is 3.27. The van der Waals surface area contributed by atoms with Crippen LogP contribution in [0.1, 0.15) is 12.5 Å². The molecule has 1 aliphatic rings. The number of benzene rings is 1. The highest BCUT2D eigenvalue weighted by molar-refractivity contribution is 5.91. The van der Waals surface area contributed by atoms with E-state index >= 15 is 0 Å². The van der Waals surface area contributed by atoms with Crippen molar-refractivity contribution in [2.45, 2.75) is 13.3 Å². The van der Waals surface area contributed by atoms with Crippen LogP contribution in [0.25, 0.3) is 11.3 Å². The molecule has 3 rings (SSSR count). The van der Waals surface area contributed by atoms with E-state index in [1.54, 1.807) is 11.2 Å². The Balaban J connectivity index is 1.90. The smallest absolute Gasteiger partial charge is 0.414 e. The van der Waals surface area contributed by atoms with Gasteiger partial charge in [0.05, 0.1) is 18.6 Å². The van der Waals surface area contributed by atoms with Crippen molar-refractivity contribution in [2.24, 2.45) is 0 Å². The zero-order valence-corrected chi connectivity index (χ0v) is 10.8. The number of furan rings is 1. The summed E-state index contributed by atoms with van der Waals surface area (Å²) >= 11 is 0. The molecule has 2 heterocycles. The Morgan fingerprint density at radius 2 is 2.32 bits per heavy atom. The van der Waals surface area contributed by atoms with Crippen molar-refractivity contribution in [3.05, 3.63) is 42.2 Å². The van der Waals surface area contributed by atoms with Gasteiger partial charge in [0.2, 0.25) is 0 Å². The van der Waals surface area contributed by atoms with E-state index in [0.29, 0.717) is 13.2 Å². The van der Waals surface area contributed by atoms with Crippen molar-refractivity contribution < 1.29 is 13.9 Å². The lowest BCUT2D eigenvalue weighted by Crippen LogP contribution is -2.29. The first-order valence-electron chi connectivity index (χ1n) is 6.40. The summed E-state index contributed by atoms with van der Waals surface area (Å²) in [5.41, 5.74) is 3.13. The van der Waals surface area contributed by atoms with Crippen LogP contribution in [0.15, 0.2) is 41.0 Å². The largest absolute Gasteiger partial charge is 0.464 e. The molecule has 1 amide bonds. The second kappa shape index (κ2) is 4.80. The van der Waals surface area contributed by atoms with Gasteiger partial charge in [-0.2, -0.15) is 0 Å². The molecule has 0 aliphatic carbocycles. The van der Waals surface area contributed by atoms with E-state index in [4.69, 9.17) is 9.15 Å². The number of carbonyl (C=O) groups excluding carboxylic acids is 1. The number of anilines is 1. The fourth-order valence-corrected chi connectivity index (χ4v) is 2.39. The minimum Gasteiger partial charge on any atom is -0.464 e. The highest BCUT2D eigenvalue weighted by Gasteiger charge is 2.25. The van der Waals surface area contributed by atoms with Crippen LogP contribution in [0.4, 0.5) is 10.5 Å². The van der Waals surface area contributed by atoms with Crippen LogP contribution in [0, 0.1) is 0 Å². The molecular weight excluding hydrogens is 242 g/mol. The fourth-order valence-electron chi connectivity index (χ4n) is 2.39. The molecule has 0 saturated heterocycles. The second-order valence-electron chi connectivity index (χ2n) is 4.42. The monoisotopic (exact) mass is 257 g/mol. The van der Waals surface area contributed by atoms with E-state index in [2.05, 4.69) is 6.07 Å². The van der Waals surface area contributed by atoms with Gasteiger partial charge in [-0.25, -0.2) is 4.79 Å². The zero-order valence-electron chi connectivity index (χ0n) is 10.8. The van der Waals surface area contributed by atoms with Crippen LogP contribution in [0.5, 0.6) is 0 Å². The highest BCUT2D eigenvalue weighted by atomic mass is 16.6. The molecule has 4 nitrogen and oxygen atoms in total. The molecule has 98 valence electrons. The van der Waals surface area contributed by atoms with Crippen molar-refractivity contribution in [1.29, 1.82) is 0 Å². The Kier molecular flexibility index (Phi) is 2.99. The summed E-state index contributed by atoms with van der Waals surface area (Å²) in [6.45, 7) is 2.89. The summed E-state index contributed by atoms with van der Waals surface area (Å²) in [7, 11) is 0. The van der Waals surface area contributed by atoms with Crippen molar-refractivity contribution in [2.75, 3.05) is 18.1 Å². The van der Waals surface area contributed by atoms with Gasteiger partial charge >= 0.3 is 6.09 Å². The lowest BCUT2D eigenvalue weighted by Gasteiger charge is -2.16. The lowest BCUT2D eigenvalue weighted by atomic mass is 10.1. The lowest BCUT2D eigenvalue weighted by molar-refractivity contribution is 0.160. The summed E-state index contributed by atoms with van der Waals surface area (Å²) in [5.74, 6) is 0.845.